The molecule has 1 aliphatic heterocycles. The molecule has 13 nitrogen and oxygen atoms in total. The average Bonchev–Trinajstić information content (AvgIpc) is 2.84. The standard InChI is InChI=1S/C22H24O13/c1-33-9-5-2-8(3-6-9)4-7-10(23)11-12(24)14(26)16(28)19(13(11)25)34-22-18(30)15(27)17(29)20(35-22)21(31)32/h2-3,5-6,15,17-18,20,22,24-30H,4,7H2,1H3,(H,31,32). The van der Waals surface area contributed by atoms with E-state index in [0.29, 0.717) is 11.3 Å². The number of aromatic hydroxyl groups is 4. The molecule has 1 heterocycles. The van der Waals surface area contributed by atoms with Crippen LogP contribution in [0.2, 0.25) is 0 Å². The van der Waals surface area contributed by atoms with E-state index in [4.69, 9.17) is 19.3 Å². The first-order chi connectivity index (χ1) is 16.5. The van der Waals surface area contributed by atoms with Crippen LogP contribution in [0.4, 0.5) is 0 Å². The maximum Gasteiger partial charge on any atom is 0.335 e. The number of aliphatic hydroxyl groups excluding tert-OH is 3. The smallest absolute Gasteiger partial charge is 0.335 e. The lowest BCUT2D eigenvalue weighted by Gasteiger charge is -2.38. The third-order valence-corrected chi connectivity index (χ3v) is 5.48. The van der Waals surface area contributed by atoms with Crippen LogP contribution in [0.3, 0.4) is 0 Å². The van der Waals surface area contributed by atoms with Crippen molar-refractivity contribution in [2.24, 2.45) is 0 Å². The summed E-state index contributed by atoms with van der Waals surface area (Å²) in [6.07, 6.45) is -10.4. The molecule has 190 valence electrons. The molecule has 0 aliphatic carbocycles. The first kappa shape index (κ1) is 25.8. The van der Waals surface area contributed by atoms with Gasteiger partial charge in [-0.15, -0.1) is 0 Å². The largest absolute Gasteiger partial charge is 0.504 e. The number of Topliss-reactive ketones (excluding diaryl/α,β-unsaturated/α-hetero) is 1. The minimum atomic E-state index is -2.07. The third kappa shape index (κ3) is 5.02. The van der Waals surface area contributed by atoms with Crippen molar-refractivity contribution in [2.45, 2.75) is 43.5 Å². The Morgan fingerprint density at radius 2 is 1.51 bits per heavy atom. The van der Waals surface area contributed by atoms with E-state index in [2.05, 4.69) is 0 Å². The van der Waals surface area contributed by atoms with Gasteiger partial charge in [0.25, 0.3) is 0 Å². The number of ketones is 1. The van der Waals surface area contributed by atoms with E-state index in [1.807, 2.05) is 0 Å². The van der Waals surface area contributed by atoms with Crippen LogP contribution < -0.4 is 9.47 Å². The van der Waals surface area contributed by atoms with E-state index in [1.165, 1.54) is 7.11 Å². The van der Waals surface area contributed by atoms with Crippen molar-refractivity contribution in [3.63, 3.8) is 0 Å². The van der Waals surface area contributed by atoms with Crippen molar-refractivity contribution in [1.29, 1.82) is 0 Å². The molecule has 8 N–H and O–H groups in total. The fourth-order valence-electron chi connectivity index (χ4n) is 3.49. The Bertz CT molecular complexity index is 1100. The number of methoxy groups -OCH3 is 1. The van der Waals surface area contributed by atoms with Crippen LogP contribution in [0.15, 0.2) is 24.3 Å². The number of rotatable bonds is 8. The zero-order valence-electron chi connectivity index (χ0n) is 18.2. The fraction of sp³-hybridized carbons (Fsp3) is 0.364. The predicted octanol–water partition coefficient (Wildman–Crippen LogP) is -0.396. The van der Waals surface area contributed by atoms with Gasteiger partial charge < -0.3 is 55.1 Å². The molecule has 0 saturated carbocycles. The van der Waals surface area contributed by atoms with Crippen LogP contribution in [0.5, 0.6) is 34.5 Å². The molecule has 13 heteroatoms. The average molecular weight is 496 g/mol. The van der Waals surface area contributed by atoms with E-state index < -0.39 is 76.8 Å². The van der Waals surface area contributed by atoms with Gasteiger partial charge in [-0.25, -0.2) is 4.79 Å². The summed E-state index contributed by atoms with van der Waals surface area (Å²) in [5.74, 6) is -7.80. The maximum absolute atomic E-state index is 12.8. The van der Waals surface area contributed by atoms with Crippen LogP contribution in [0.1, 0.15) is 22.3 Å². The molecule has 5 unspecified atom stereocenters. The number of hydrogen-bond acceptors (Lipinski definition) is 12. The molecule has 2 aromatic carbocycles. The summed E-state index contributed by atoms with van der Waals surface area (Å²) in [6.45, 7) is 0. The quantitative estimate of drug-likeness (QED) is 0.132. The van der Waals surface area contributed by atoms with Gasteiger partial charge in [-0.2, -0.15) is 0 Å². The normalized spacial score (nSPS) is 24.1. The van der Waals surface area contributed by atoms with Gasteiger partial charge in [0.1, 0.15) is 29.6 Å². The number of aliphatic hydroxyl groups is 3. The Morgan fingerprint density at radius 1 is 0.886 bits per heavy atom. The summed E-state index contributed by atoms with van der Waals surface area (Å²) in [5, 5.41) is 79.8. The minimum absolute atomic E-state index is 0.161. The lowest BCUT2D eigenvalue weighted by atomic mass is 9.98. The van der Waals surface area contributed by atoms with Gasteiger partial charge in [-0.1, -0.05) is 12.1 Å². The summed E-state index contributed by atoms with van der Waals surface area (Å²) in [6, 6.07) is 6.71. The highest BCUT2D eigenvalue weighted by molar-refractivity contribution is 6.03. The van der Waals surface area contributed by atoms with Crippen LogP contribution in [-0.4, -0.2) is 90.4 Å². The summed E-state index contributed by atoms with van der Waals surface area (Å²) in [5.41, 5.74) is -0.104. The zero-order valence-corrected chi connectivity index (χ0v) is 18.2. The molecule has 3 rings (SSSR count). The number of aryl methyl sites for hydroxylation is 1. The Morgan fingerprint density at radius 3 is 2.09 bits per heavy atom. The number of hydrogen-bond donors (Lipinski definition) is 8. The number of phenols is 4. The first-order valence-electron chi connectivity index (χ1n) is 10.2. The van der Waals surface area contributed by atoms with Gasteiger partial charge in [-0.05, 0) is 24.1 Å². The van der Waals surface area contributed by atoms with Gasteiger partial charge in [0, 0.05) is 6.42 Å². The highest BCUT2D eigenvalue weighted by Crippen LogP contribution is 2.52. The van der Waals surface area contributed by atoms with Crippen LogP contribution in [0.25, 0.3) is 0 Å². The van der Waals surface area contributed by atoms with E-state index >= 15 is 0 Å². The van der Waals surface area contributed by atoms with Gasteiger partial charge in [-0.3, -0.25) is 4.79 Å². The lowest BCUT2D eigenvalue weighted by Crippen LogP contribution is -2.61. The molecular formula is C22H24O13. The molecule has 2 aromatic rings. The molecule has 0 amide bonds. The second-order valence-corrected chi connectivity index (χ2v) is 7.72. The lowest BCUT2D eigenvalue weighted by molar-refractivity contribution is -0.271. The first-order valence-corrected chi connectivity index (χ1v) is 10.2. The Hall–Kier alpha value is -3.78. The van der Waals surface area contributed by atoms with E-state index in [9.17, 15) is 45.3 Å². The second kappa shape index (κ2) is 10.2. The van der Waals surface area contributed by atoms with Gasteiger partial charge in [0.05, 0.1) is 7.11 Å². The molecule has 35 heavy (non-hydrogen) atoms. The van der Waals surface area contributed by atoms with Crippen LogP contribution >= 0.6 is 0 Å². The highest BCUT2D eigenvalue weighted by atomic mass is 16.7. The second-order valence-electron chi connectivity index (χ2n) is 7.72. The molecular weight excluding hydrogens is 472 g/mol. The number of benzene rings is 2. The summed E-state index contributed by atoms with van der Waals surface area (Å²) < 4.78 is 15.1. The summed E-state index contributed by atoms with van der Waals surface area (Å²) >= 11 is 0. The number of aliphatic carboxylic acids is 1. The van der Waals surface area contributed by atoms with Gasteiger partial charge >= 0.3 is 5.97 Å². The van der Waals surface area contributed by atoms with Crippen LogP contribution in [0, 0.1) is 0 Å². The van der Waals surface area contributed by atoms with Gasteiger partial charge in [0.15, 0.2) is 23.4 Å². The topological polar surface area (TPSA) is 224 Å². The van der Waals surface area contributed by atoms with Crippen molar-refractivity contribution in [3.8, 4) is 34.5 Å². The number of carbonyl (C=O) groups is 2. The SMILES string of the molecule is COc1ccc(CCC(=O)c2c(O)c(O)c(O)c(OC3OC(C(=O)O)C(O)C(O)C3O)c2O)cc1. The molecule has 1 fully saturated rings. The monoisotopic (exact) mass is 496 g/mol. The Balaban J connectivity index is 1.88. The minimum Gasteiger partial charge on any atom is -0.504 e. The van der Waals surface area contributed by atoms with Crippen LogP contribution in [-0.2, 0) is 16.0 Å². The summed E-state index contributed by atoms with van der Waals surface area (Å²) in [7, 11) is 1.49. The zero-order chi connectivity index (χ0) is 26.0. The maximum atomic E-state index is 12.8. The molecule has 1 saturated heterocycles. The predicted molar refractivity (Wildman–Crippen MR) is 114 cm³/mol. The highest BCUT2D eigenvalue weighted by Gasteiger charge is 2.48. The number of carboxylic acid groups (broad SMARTS) is 1. The molecule has 0 bridgehead atoms. The molecule has 0 spiro atoms. The molecule has 0 radical (unpaired) electrons. The van der Waals surface area contributed by atoms with Crippen molar-refractivity contribution in [2.75, 3.05) is 7.11 Å². The van der Waals surface area contributed by atoms with Crippen molar-refractivity contribution in [1.82, 2.24) is 0 Å². The number of carboxylic acids is 1. The van der Waals surface area contributed by atoms with Crippen molar-refractivity contribution in [3.05, 3.63) is 35.4 Å². The molecule has 0 aromatic heterocycles. The Labute approximate surface area is 197 Å². The number of ether oxygens (including phenoxy) is 3. The molecule has 5 atom stereocenters. The van der Waals surface area contributed by atoms with Gasteiger partial charge in [0.2, 0.25) is 23.5 Å². The third-order valence-electron chi connectivity index (χ3n) is 5.48. The van der Waals surface area contributed by atoms with E-state index in [1.54, 1.807) is 24.3 Å². The fourth-order valence-corrected chi connectivity index (χ4v) is 3.49. The molecule has 1 aliphatic rings. The van der Waals surface area contributed by atoms with Crippen molar-refractivity contribution >= 4 is 11.8 Å². The number of carbonyl (C=O) groups excluding carboxylic acids is 1. The van der Waals surface area contributed by atoms with E-state index in [0.717, 1.165) is 0 Å². The summed E-state index contributed by atoms with van der Waals surface area (Å²) in [4.78, 5) is 24.0. The van der Waals surface area contributed by atoms with E-state index in [-0.39, 0.29) is 12.8 Å². The number of phenolic OH excluding ortho intramolecular Hbond substituents is 4. The van der Waals surface area contributed by atoms with Crippen molar-refractivity contribution < 1.29 is 64.7 Å². The Kier molecular flexibility index (Phi) is 7.55.